The summed E-state index contributed by atoms with van der Waals surface area (Å²) in [4.78, 5) is 28.6. The lowest BCUT2D eigenvalue weighted by atomic mass is 9.95. The average molecular weight is 420 g/mol. The highest BCUT2D eigenvalue weighted by atomic mass is 35.5. The third-order valence-electron chi connectivity index (χ3n) is 4.97. The van der Waals surface area contributed by atoms with Crippen LogP contribution < -0.4 is 5.32 Å². The molecule has 0 saturated carbocycles. The molecule has 3 rings (SSSR count). The largest absolute Gasteiger partial charge is 0.341 e. The fraction of sp³-hybridized carbons (Fsp3) is 0.333. The molecule has 0 aliphatic carbocycles. The third-order valence-corrected chi connectivity index (χ3v) is 5.83. The Morgan fingerprint density at radius 1 is 1.07 bits per heavy atom. The fourth-order valence-electron chi connectivity index (χ4n) is 3.37. The molecule has 1 heterocycles. The summed E-state index contributed by atoms with van der Waals surface area (Å²) >= 11 is 12.3. The molecule has 1 aliphatic heterocycles. The molecule has 0 radical (unpaired) electrons. The summed E-state index contributed by atoms with van der Waals surface area (Å²) in [7, 11) is 1.77. The first kappa shape index (κ1) is 20.5. The molecule has 2 aromatic carbocycles. The monoisotopic (exact) mass is 419 g/mol. The summed E-state index contributed by atoms with van der Waals surface area (Å²) in [5.41, 5.74) is 1.59. The van der Waals surface area contributed by atoms with Crippen molar-refractivity contribution in [2.24, 2.45) is 5.92 Å². The number of piperidine rings is 1. The maximum Gasteiger partial charge on any atom is 0.321 e. The van der Waals surface area contributed by atoms with Gasteiger partial charge >= 0.3 is 6.03 Å². The molecule has 7 heteroatoms. The van der Waals surface area contributed by atoms with Crippen LogP contribution >= 0.6 is 23.2 Å². The standard InChI is InChI=1S/C21H23Cl2N3O2/c1-25(14-16-6-5-9-18(22)19(16)23)20(27)15-10-12-26(13-11-15)21(28)24-17-7-3-2-4-8-17/h2-9,15H,10-14H2,1H3,(H,24,28). The van der Waals surface area contributed by atoms with Crippen LogP contribution in [0.5, 0.6) is 0 Å². The molecule has 1 saturated heterocycles. The van der Waals surface area contributed by atoms with Gasteiger partial charge in [-0.05, 0) is 36.6 Å². The Kier molecular flexibility index (Phi) is 6.81. The van der Waals surface area contributed by atoms with Gasteiger partial charge in [-0.3, -0.25) is 4.79 Å². The van der Waals surface area contributed by atoms with Gasteiger partial charge in [-0.2, -0.15) is 0 Å². The molecule has 3 amide bonds. The highest BCUT2D eigenvalue weighted by Crippen LogP contribution is 2.27. The Labute approximate surface area is 175 Å². The van der Waals surface area contributed by atoms with Crippen LogP contribution in [0.1, 0.15) is 18.4 Å². The number of carbonyl (C=O) groups is 2. The van der Waals surface area contributed by atoms with E-state index in [-0.39, 0.29) is 17.9 Å². The zero-order valence-electron chi connectivity index (χ0n) is 15.7. The second-order valence-corrected chi connectivity index (χ2v) is 7.75. The van der Waals surface area contributed by atoms with E-state index in [0.29, 0.717) is 42.5 Å². The van der Waals surface area contributed by atoms with Gasteiger partial charge in [-0.1, -0.05) is 53.5 Å². The van der Waals surface area contributed by atoms with Crippen LogP contribution in [0.15, 0.2) is 48.5 Å². The lowest BCUT2D eigenvalue weighted by Crippen LogP contribution is -2.44. The maximum atomic E-state index is 12.8. The molecule has 5 nitrogen and oxygen atoms in total. The number of rotatable bonds is 4. The van der Waals surface area contributed by atoms with Gasteiger partial charge in [0.1, 0.15) is 0 Å². The quantitative estimate of drug-likeness (QED) is 0.765. The van der Waals surface area contributed by atoms with Gasteiger partial charge in [-0.25, -0.2) is 4.79 Å². The Balaban J connectivity index is 1.51. The lowest BCUT2D eigenvalue weighted by molar-refractivity contribution is -0.136. The maximum absolute atomic E-state index is 12.8. The number of carbonyl (C=O) groups excluding carboxylic acids is 2. The molecule has 0 bridgehead atoms. The number of urea groups is 1. The van der Waals surface area contributed by atoms with Crippen molar-refractivity contribution in [3.05, 3.63) is 64.1 Å². The summed E-state index contributed by atoms with van der Waals surface area (Å²) < 4.78 is 0. The molecule has 0 spiro atoms. The van der Waals surface area contributed by atoms with Gasteiger partial charge in [0.05, 0.1) is 10.0 Å². The third kappa shape index (κ3) is 4.97. The predicted molar refractivity (Wildman–Crippen MR) is 113 cm³/mol. The van der Waals surface area contributed by atoms with Gasteiger partial charge < -0.3 is 15.1 Å². The second-order valence-electron chi connectivity index (χ2n) is 6.96. The van der Waals surface area contributed by atoms with Crippen LogP contribution in [0.2, 0.25) is 10.0 Å². The number of amides is 3. The van der Waals surface area contributed by atoms with Crippen LogP contribution in [0.3, 0.4) is 0 Å². The van der Waals surface area contributed by atoms with Gasteiger partial charge in [0.2, 0.25) is 5.91 Å². The highest BCUT2D eigenvalue weighted by Gasteiger charge is 2.29. The van der Waals surface area contributed by atoms with Crippen molar-refractivity contribution in [1.82, 2.24) is 9.80 Å². The van der Waals surface area contributed by atoms with Crippen molar-refractivity contribution >= 4 is 40.8 Å². The summed E-state index contributed by atoms with van der Waals surface area (Å²) in [5, 5.41) is 3.85. The molecule has 0 unspecified atom stereocenters. The van der Waals surface area contributed by atoms with Gasteiger partial charge in [0, 0.05) is 38.3 Å². The van der Waals surface area contributed by atoms with Crippen molar-refractivity contribution in [3.8, 4) is 0 Å². The highest BCUT2D eigenvalue weighted by molar-refractivity contribution is 6.42. The molecule has 2 aromatic rings. The second kappa shape index (κ2) is 9.30. The van der Waals surface area contributed by atoms with Crippen LogP contribution in [-0.4, -0.2) is 41.9 Å². The number of anilines is 1. The molecule has 28 heavy (non-hydrogen) atoms. The Morgan fingerprint density at radius 3 is 2.43 bits per heavy atom. The fourth-order valence-corrected chi connectivity index (χ4v) is 3.75. The van der Waals surface area contributed by atoms with Gasteiger partial charge in [0.25, 0.3) is 0 Å². The summed E-state index contributed by atoms with van der Waals surface area (Å²) in [6.07, 6.45) is 1.29. The van der Waals surface area contributed by atoms with Crippen molar-refractivity contribution in [3.63, 3.8) is 0 Å². The zero-order chi connectivity index (χ0) is 20.1. The molecular weight excluding hydrogens is 397 g/mol. The minimum absolute atomic E-state index is 0.0687. The van der Waals surface area contributed by atoms with E-state index in [9.17, 15) is 9.59 Å². The van der Waals surface area contributed by atoms with E-state index in [4.69, 9.17) is 23.2 Å². The first-order valence-corrected chi connectivity index (χ1v) is 10.00. The van der Waals surface area contributed by atoms with Crippen molar-refractivity contribution < 1.29 is 9.59 Å². The number of likely N-dealkylation sites (tertiary alicyclic amines) is 1. The minimum Gasteiger partial charge on any atom is -0.341 e. The van der Waals surface area contributed by atoms with Crippen molar-refractivity contribution in [2.75, 3.05) is 25.5 Å². The van der Waals surface area contributed by atoms with E-state index < -0.39 is 0 Å². The Morgan fingerprint density at radius 2 is 1.75 bits per heavy atom. The molecular formula is C21H23Cl2N3O2. The molecule has 1 aliphatic rings. The number of benzene rings is 2. The van der Waals surface area contributed by atoms with Gasteiger partial charge in [-0.15, -0.1) is 0 Å². The molecule has 1 fully saturated rings. The van der Waals surface area contributed by atoms with Crippen LogP contribution in [0, 0.1) is 5.92 Å². The van der Waals surface area contributed by atoms with Crippen LogP contribution in [0.4, 0.5) is 10.5 Å². The number of nitrogens with zero attached hydrogens (tertiary/aromatic N) is 2. The van der Waals surface area contributed by atoms with Crippen LogP contribution in [0.25, 0.3) is 0 Å². The summed E-state index contributed by atoms with van der Waals surface area (Å²) in [5.74, 6) is -0.0251. The first-order chi connectivity index (χ1) is 13.5. The van der Waals surface area contributed by atoms with E-state index in [1.54, 1.807) is 22.9 Å². The van der Waals surface area contributed by atoms with Crippen molar-refractivity contribution in [1.29, 1.82) is 0 Å². The molecule has 148 valence electrons. The summed E-state index contributed by atoms with van der Waals surface area (Å²) in [6, 6.07) is 14.7. The topological polar surface area (TPSA) is 52.7 Å². The molecule has 0 aromatic heterocycles. The van der Waals surface area contributed by atoms with Gasteiger partial charge in [0.15, 0.2) is 0 Å². The van der Waals surface area contributed by atoms with E-state index in [2.05, 4.69) is 5.32 Å². The van der Waals surface area contributed by atoms with Crippen molar-refractivity contribution in [2.45, 2.75) is 19.4 Å². The van der Waals surface area contributed by atoms with Crippen LogP contribution in [-0.2, 0) is 11.3 Å². The van der Waals surface area contributed by atoms with E-state index in [1.165, 1.54) is 0 Å². The number of nitrogens with one attached hydrogen (secondary N) is 1. The average Bonchev–Trinajstić information content (AvgIpc) is 2.71. The predicted octanol–water partition coefficient (Wildman–Crippen LogP) is 4.90. The normalized spacial score (nSPS) is 14.6. The molecule has 0 atom stereocenters. The lowest BCUT2D eigenvalue weighted by Gasteiger charge is -2.33. The minimum atomic E-state index is -0.129. The Bertz CT molecular complexity index is 837. The number of para-hydroxylation sites is 1. The SMILES string of the molecule is CN(Cc1cccc(Cl)c1Cl)C(=O)C1CCN(C(=O)Nc2ccccc2)CC1. The smallest absolute Gasteiger partial charge is 0.321 e. The van der Waals surface area contributed by atoms with E-state index in [0.717, 1.165) is 11.3 Å². The number of halogens is 2. The van der Waals surface area contributed by atoms with E-state index >= 15 is 0 Å². The van der Waals surface area contributed by atoms with E-state index in [1.807, 2.05) is 42.5 Å². The zero-order valence-corrected chi connectivity index (χ0v) is 17.2. The number of hydrogen-bond acceptors (Lipinski definition) is 2. The first-order valence-electron chi connectivity index (χ1n) is 9.24. The summed E-state index contributed by atoms with van der Waals surface area (Å²) in [6.45, 7) is 1.52. The Hall–Kier alpha value is -2.24. The molecule has 1 N–H and O–H groups in total. The number of hydrogen-bond donors (Lipinski definition) is 1.